The zero-order chi connectivity index (χ0) is 14.6. The van der Waals surface area contributed by atoms with Gasteiger partial charge in [0.15, 0.2) is 5.41 Å². The monoisotopic (exact) mass is 272 g/mol. The van der Waals surface area contributed by atoms with Gasteiger partial charge < -0.3 is 10.1 Å². The van der Waals surface area contributed by atoms with E-state index in [4.69, 9.17) is 4.74 Å². The normalized spacial score (nSPS) is 16.2. The summed E-state index contributed by atoms with van der Waals surface area (Å²) in [4.78, 5) is 23.0. The van der Waals surface area contributed by atoms with E-state index in [2.05, 4.69) is 11.4 Å². The minimum Gasteiger partial charge on any atom is -0.425 e. The maximum absolute atomic E-state index is 12.1. The molecule has 0 heterocycles. The highest BCUT2D eigenvalue weighted by atomic mass is 16.5. The molecule has 104 valence electrons. The number of nitrogens with one attached hydrogen (secondary N) is 1. The van der Waals surface area contributed by atoms with Gasteiger partial charge in [-0.3, -0.25) is 4.79 Å². The van der Waals surface area contributed by atoms with Crippen LogP contribution in [-0.4, -0.2) is 11.9 Å². The molecule has 20 heavy (non-hydrogen) atoms. The Labute approximate surface area is 117 Å². The summed E-state index contributed by atoms with van der Waals surface area (Å²) in [6, 6.07) is 8.61. The molecule has 2 rings (SSSR count). The van der Waals surface area contributed by atoms with Gasteiger partial charge in [0.05, 0.1) is 6.07 Å². The lowest BCUT2D eigenvalue weighted by molar-refractivity contribution is -0.142. The summed E-state index contributed by atoms with van der Waals surface area (Å²) in [5.74, 6) is -0.264. The Hall–Kier alpha value is -2.35. The molecule has 1 aliphatic carbocycles. The summed E-state index contributed by atoms with van der Waals surface area (Å²) in [5, 5.41) is 11.8. The predicted octanol–water partition coefficient (Wildman–Crippen LogP) is 2.63. The predicted molar refractivity (Wildman–Crippen MR) is 72.9 cm³/mol. The summed E-state index contributed by atoms with van der Waals surface area (Å²) in [7, 11) is 0. The van der Waals surface area contributed by atoms with E-state index in [1.54, 1.807) is 24.3 Å². The molecule has 0 bridgehead atoms. The molecule has 1 N–H and O–H groups in total. The van der Waals surface area contributed by atoms with Crippen LogP contribution in [0.15, 0.2) is 24.3 Å². The molecule has 0 radical (unpaired) electrons. The van der Waals surface area contributed by atoms with Gasteiger partial charge in [-0.1, -0.05) is 12.8 Å². The van der Waals surface area contributed by atoms with Crippen molar-refractivity contribution in [1.29, 1.82) is 5.26 Å². The van der Waals surface area contributed by atoms with E-state index in [1.807, 2.05) is 0 Å². The second-order valence-corrected chi connectivity index (χ2v) is 5.00. The number of carbonyl (C=O) groups is 2. The molecular formula is C15H16N2O3. The zero-order valence-electron chi connectivity index (χ0n) is 11.3. The first kappa shape index (κ1) is 14.1. The van der Waals surface area contributed by atoms with Gasteiger partial charge >= 0.3 is 5.97 Å². The number of nitriles is 1. The Morgan fingerprint density at radius 3 is 2.35 bits per heavy atom. The van der Waals surface area contributed by atoms with Crippen LogP contribution in [-0.2, 0) is 9.59 Å². The third-order valence-corrected chi connectivity index (χ3v) is 3.45. The molecule has 1 amide bonds. The van der Waals surface area contributed by atoms with Crippen molar-refractivity contribution >= 4 is 17.6 Å². The van der Waals surface area contributed by atoms with Crippen molar-refractivity contribution in [1.82, 2.24) is 0 Å². The number of rotatable bonds is 3. The molecule has 0 unspecified atom stereocenters. The molecule has 1 saturated carbocycles. The Bertz CT molecular complexity index is 551. The van der Waals surface area contributed by atoms with Crippen molar-refractivity contribution in [2.45, 2.75) is 32.6 Å². The number of hydrogen-bond acceptors (Lipinski definition) is 4. The van der Waals surface area contributed by atoms with Crippen molar-refractivity contribution in [3.63, 3.8) is 0 Å². The van der Waals surface area contributed by atoms with E-state index in [-0.39, 0.29) is 5.91 Å². The second-order valence-electron chi connectivity index (χ2n) is 5.00. The fourth-order valence-electron chi connectivity index (χ4n) is 2.35. The molecule has 1 aromatic rings. The van der Waals surface area contributed by atoms with Crippen molar-refractivity contribution in [2.24, 2.45) is 5.41 Å². The Morgan fingerprint density at radius 1 is 1.25 bits per heavy atom. The van der Waals surface area contributed by atoms with E-state index in [9.17, 15) is 14.9 Å². The van der Waals surface area contributed by atoms with Crippen molar-refractivity contribution in [2.75, 3.05) is 5.32 Å². The highest BCUT2D eigenvalue weighted by Gasteiger charge is 2.43. The van der Waals surface area contributed by atoms with Crippen LogP contribution in [0.1, 0.15) is 32.6 Å². The van der Waals surface area contributed by atoms with E-state index < -0.39 is 11.4 Å². The minimum absolute atomic E-state index is 0.163. The quantitative estimate of drug-likeness (QED) is 0.677. The third-order valence-electron chi connectivity index (χ3n) is 3.45. The first-order chi connectivity index (χ1) is 9.55. The molecule has 0 aliphatic heterocycles. The van der Waals surface area contributed by atoms with Gasteiger partial charge in [-0.15, -0.1) is 0 Å². The fourth-order valence-corrected chi connectivity index (χ4v) is 2.35. The molecule has 0 atom stereocenters. The van der Waals surface area contributed by atoms with Crippen LogP contribution in [0.25, 0.3) is 0 Å². The van der Waals surface area contributed by atoms with E-state index in [1.165, 1.54) is 6.92 Å². The number of nitrogens with zero attached hydrogens (tertiary/aromatic N) is 1. The standard InChI is InChI=1S/C15H16N2O3/c1-11(18)17-12-4-6-13(7-5-12)20-14(19)15(10-16)8-2-3-9-15/h4-7H,2-3,8-9H2,1H3,(H,17,18). The number of hydrogen-bond donors (Lipinski definition) is 1. The van der Waals surface area contributed by atoms with Gasteiger partial charge in [-0.25, -0.2) is 4.79 Å². The highest BCUT2D eigenvalue weighted by molar-refractivity contribution is 5.88. The first-order valence-corrected chi connectivity index (χ1v) is 6.57. The molecule has 0 aromatic heterocycles. The SMILES string of the molecule is CC(=O)Nc1ccc(OC(=O)C2(C#N)CCCC2)cc1. The maximum atomic E-state index is 12.1. The van der Waals surface area contributed by atoms with Crippen molar-refractivity contribution in [3.05, 3.63) is 24.3 Å². The topological polar surface area (TPSA) is 79.2 Å². The van der Waals surface area contributed by atoms with Gasteiger partial charge in [-0.05, 0) is 37.1 Å². The van der Waals surface area contributed by atoms with Crippen LogP contribution in [0.4, 0.5) is 5.69 Å². The number of ether oxygens (including phenoxy) is 1. The van der Waals surface area contributed by atoms with Crippen LogP contribution in [0, 0.1) is 16.7 Å². The van der Waals surface area contributed by atoms with Gasteiger partial charge in [0.2, 0.25) is 5.91 Å². The minimum atomic E-state index is -0.990. The molecular weight excluding hydrogens is 256 g/mol. The van der Waals surface area contributed by atoms with Crippen LogP contribution in [0.2, 0.25) is 0 Å². The smallest absolute Gasteiger partial charge is 0.331 e. The fraction of sp³-hybridized carbons (Fsp3) is 0.400. The van der Waals surface area contributed by atoms with Crippen LogP contribution < -0.4 is 10.1 Å². The molecule has 5 heteroatoms. The summed E-state index contributed by atoms with van der Waals surface area (Å²) in [6.45, 7) is 1.42. The highest BCUT2D eigenvalue weighted by Crippen LogP contribution is 2.38. The van der Waals surface area contributed by atoms with Gasteiger partial charge in [0.25, 0.3) is 0 Å². The van der Waals surface area contributed by atoms with Crippen molar-refractivity contribution < 1.29 is 14.3 Å². The van der Waals surface area contributed by atoms with E-state index in [0.29, 0.717) is 24.3 Å². The summed E-state index contributed by atoms with van der Waals surface area (Å²) >= 11 is 0. The Balaban J connectivity index is 2.05. The third kappa shape index (κ3) is 2.97. The lowest BCUT2D eigenvalue weighted by Gasteiger charge is -2.17. The van der Waals surface area contributed by atoms with Gasteiger partial charge in [0.1, 0.15) is 5.75 Å². The van der Waals surface area contributed by atoms with Crippen LogP contribution >= 0.6 is 0 Å². The van der Waals surface area contributed by atoms with Crippen molar-refractivity contribution in [3.8, 4) is 11.8 Å². The molecule has 5 nitrogen and oxygen atoms in total. The average molecular weight is 272 g/mol. The van der Waals surface area contributed by atoms with Gasteiger partial charge in [-0.2, -0.15) is 5.26 Å². The lowest BCUT2D eigenvalue weighted by Crippen LogP contribution is -2.30. The summed E-state index contributed by atoms with van der Waals surface area (Å²) < 4.78 is 5.28. The molecule has 1 aromatic carbocycles. The number of amides is 1. The van der Waals surface area contributed by atoms with Crippen LogP contribution in [0.3, 0.4) is 0 Å². The Kier molecular flexibility index (Phi) is 4.04. The van der Waals surface area contributed by atoms with E-state index in [0.717, 1.165) is 12.8 Å². The summed E-state index contributed by atoms with van der Waals surface area (Å²) in [5.41, 5.74) is -0.357. The first-order valence-electron chi connectivity index (χ1n) is 6.57. The number of anilines is 1. The number of esters is 1. The Morgan fingerprint density at radius 2 is 1.85 bits per heavy atom. The van der Waals surface area contributed by atoms with Crippen LogP contribution in [0.5, 0.6) is 5.75 Å². The summed E-state index contributed by atoms with van der Waals surface area (Å²) in [6.07, 6.45) is 2.88. The van der Waals surface area contributed by atoms with Gasteiger partial charge in [0, 0.05) is 12.6 Å². The average Bonchev–Trinajstić information content (AvgIpc) is 2.90. The number of carbonyl (C=O) groups excluding carboxylic acids is 2. The molecule has 0 spiro atoms. The van der Waals surface area contributed by atoms with E-state index >= 15 is 0 Å². The largest absolute Gasteiger partial charge is 0.425 e. The lowest BCUT2D eigenvalue weighted by atomic mass is 9.88. The molecule has 0 saturated heterocycles. The second kappa shape index (κ2) is 5.74. The zero-order valence-corrected chi connectivity index (χ0v) is 11.3. The number of benzene rings is 1. The molecule has 1 fully saturated rings. The molecule has 1 aliphatic rings. The maximum Gasteiger partial charge on any atom is 0.331 e.